The highest BCUT2D eigenvalue weighted by molar-refractivity contribution is 7.73. The van der Waals surface area contributed by atoms with Crippen LogP contribution in [-0.2, 0) is 18.0 Å². The summed E-state index contributed by atoms with van der Waals surface area (Å²) in [4.78, 5) is 12.6. The highest BCUT2D eigenvalue weighted by atomic mass is 32.1. The number of nitrogens with zero attached hydrogens (tertiary/aromatic N) is 4. The van der Waals surface area contributed by atoms with Gasteiger partial charge in [-0.1, -0.05) is 23.5 Å². The lowest BCUT2D eigenvalue weighted by Crippen LogP contribution is -2.35. The Morgan fingerprint density at radius 3 is 2.68 bits per heavy atom. The Morgan fingerprint density at radius 2 is 2.11 bits per heavy atom. The molecule has 0 bridgehead atoms. The number of carbonyl (C=O) groups excluding carboxylic acids is 1. The Hall–Kier alpha value is -2.49. The van der Waals surface area contributed by atoms with E-state index in [0.29, 0.717) is 11.1 Å². The maximum atomic E-state index is 13.0. The molecule has 0 radical (unpaired) electrons. The van der Waals surface area contributed by atoms with Crippen molar-refractivity contribution in [1.82, 2.24) is 14.7 Å². The molecular weight excluding hydrogens is 415 g/mol. The number of halogens is 3. The lowest BCUT2D eigenvalue weighted by atomic mass is 10.1. The van der Waals surface area contributed by atoms with Gasteiger partial charge < -0.3 is 4.74 Å². The molecule has 12 heteroatoms. The third-order valence-electron chi connectivity index (χ3n) is 3.32. The summed E-state index contributed by atoms with van der Waals surface area (Å²) in [6.07, 6.45) is -5.14. The molecule has 0 atom stereocenters. The summed E-state index contributed by atoms with van der Waals surface area (Å²) < 4.78 is 45.1. The van der Waals surface area contributed by atoms with E-state index in [2.05, 4.69) is 10.4 Å². The molecule has 1 aromatic carbocycles. The van der Waals surface area contributed by atoms with E-state index in [-0.39, 0.29) is 28.9 Å². The lowest BCUT2D eigenvalue weighted by molar-refractivity contribution is -0.151. The van der Waals surface area contributed by atoms with Crippen molar-refractivity contribution in [2.45, 2.75) is 26.3 Å². The first kappa shape index (κ1) is 21.8. The molecule has 0 aliphatic carbocycles. The van der Waals surface area contributed by atoms with Gasteiger partial charge in [-0.2, -0.15) is 18.4 Å². The van der Waals surface area contributed by atoms with Gasteiger partial charge in [0, 0.05) is 6.54 Å². The SMILES string of the molecule is CCOC(=O)Nc1nn(CN(Cc2ccc(C#N)cc2)CC(F)(F)F)c(=S)s1. The van der Waals surface area contributed by atoms with Gasteiger partial charge in [0.05, 0.1) is 31.5 Å². The minimum atomic E-state index is -4.42. The third-order valence-corrected chi connectivity index (χ3v) is 4.54. The lowest BCUT2D eigenvalue weighted by Gasteiger charge is -2.23. The van der Waals surface area contributed by atoms with Crippen molar-refractivity contribution in [2.24, 2.45) is 0 Å². The molecule has 0 fully saturated rings. The normalized spacial score (nSPS) is 11.3. The molecule has 150 valence electrons. The van der Waals surface area contributed by atoms with E-state index >= 15 is 0 Å². The number of benzene rings is 1. The highest BCUT2D eigenvalue weighted by Gasteiger charge is 2.31. The van der Waals surface area contributed by atoms with Crippen molar-refractivity contribution in [2.75, 3.05) is 18.5 Å². The van der Waals surface area contributed by atoms with E-state index in [1.54, 1.807) is 19.1 Å². The van der Waals surface area contributed by atoms with Crippen LogP contribution in [0.2, 0.25) is 0 Å². The molecule has 0 saturated heterocycles. The molecule has 28 heavy (non-hydrogen) atoms. The average molecular weight is 431 g/mol. The molecule has 7 nitrogen and oxygen atoms in total. The molecule has 2 aromatic rings. The van der Waals surface area contributed by atoms with Crippen LogP contribution in [0.4, 0.5) is 23.1 Å². The summed E-state index contributed by atoms with van der Waals surface area (Å²) >= 11 is 6.08. The van der Waals surface area contributed by atoms with E-state index < -0.39 is 18.8 Å². The number of nitriles is 1. The predicted molar refractivity (Wildman–Crippen MR) is 99.2 cm³/mol. The standard InChI is InChI=1S/C16H16F3N5O2S2/c1-2-26-14(25)21-13-22-24(15(27)28-13)10-23(9-16(17,18)19)8-12-5-3-11(7-20)4-6-12/h3-6H,2,8-10H2,1H3,(H,21,22,25). The third kappa shape index (κ3) is 6.91. The number of hydrogen-bond acceptors (Lipinski definition) is 7. The molecule has 0 unspecified atom stereocenters. The Bertz CT molecular complexity index is 903. The molecule has 0 saturated carbocycles. The van der Waals surface area contributed by atoms with Crippen molar-refractivity contribution in [3.05, 3.63) is 39.3 Å². The molecule has 1 aromatic heterocycles. The van der Waals surface area contributed by atoms with Crippen LogP contribution in [0.3, 0.4) is 0 Å². The quantitative estimate of drug-likeness (QED) is 0.664. The van der Waals surface area contributed by atoms with Crippen molar-refractivity contribution in [3.63, 3.8) is 0 Å². The summed E-state index contributed by atoms with van der Waals surface area (Å²) in [6, 6.07) is 8.22. The van der Waals surface area contributed by atoms with Crippen molar-refractivity contribution >= 4 is 34.8 Å². The number of anilines is 1. The van der Waals surface area contributed by atoms with Crippen LogP contribution in [0.5, 0.6) is 0 Å². The fraction of sp³-hybridized carbons (Fsp3) is 0.375. The van der Waals surface area contributed by atoms with Crippen molar-refractivity contribution < 1.29 is 22.7 Å². The second-order valence-electron chi connectivity index (χ2n) is 5.57. The number of aromatic nitrogens is 2. The van der Waals surface area contributed by atoms with E-state index in [4.69, 9.17) is 22.2 Å². The minimum absolute atomic E-state index is 0.0227. The Labute approximate surface area is 167 Å². The number of hydrogen-bond donors (Lipinski definition) is 1. The first-order valence-electron chi connectivity index (χ1n) is 8.00. The molecule has 0 aliphatic heterocycles. The topological polar surface area (TPSA) is 83.2 Å². The van der Waals surface area contributed by atoms with Gasteiger partial charge in [-0.25, -0.2) is 9.48 Å². The van der Waals surface area contributed by atoms with E-state index in [1.807, 2.05) is 6.07 Å². The number of ether oxygens (including phenoxy) is 1. The van der Waals surface area contributed by atoms with Gasteiger partial charge in [0.15, 0.2) is 3.95 Å². The molecule has 1 heterocycles. The highest BCUT2D eigenvalue weighted by Crippen LogP contribution is 2.21. The summed E-state index contributed by atoms with van der Waals surface area (Å²) in [5.41, 5.74) is 1.03. The molecule has 2 rings (SSSR count). The number of alkyl halides is 3. The van der Waals surface area contributed by atoms with Crippen LogP contribution in [0.1, 0.15) is 18.1 Å². The van der Waals surface area contributed by atoms with Crippen LogP contribution in [0, 0.1) is 15.3 Å². The Morgan fingerprint density at radius 1 is 1.43 bits per heavy atom. The van der Waals surface area contributed by atoms with Crippen molar-refractivity contribution in [1.29, 1.82) is 5.26 Å². The summed E-state index contributed by atoms with van der Waals surface area (Å²) in [5, 5.41) is 15.4. The van der Waals surface area contributed by atoms with Gasteiger partial charge >= 0.3 is 12.3 Å². The van der Waals surface area contributed by atoms with Crippen LogP contribution in [0.25, 0.3) is 0 Å². The fourth-order valence-electron chi connectivity index (χ4n) is 2.24. The largest absolute Gasteiger partial charge is 0.450 e. The van der Waals surface area contributed by atoms with E-state index in [9.17, 15) is 18.0 Å². The number of carbonyl (C=O) groups is 1. The monoisotopic (exact) mass is 431 g/mol. The first-order valence-corrected chi connectivity index (χ1v) is 9.22. The zero-order chi connectivity index (χ0) is 20.7. The predicted octanol–water partition coefficient (Wildman–Crippen LogP) is 4.14. The second kappa shape index (κ2) is 9.63. The van der Waals surface area contributed by atoms with Gasteiger partial charge in [0.2, 0.25) is 5.13 Å². The van der Waals surface area contributed by atoms with Crippen molar-refractivity contribution in [3.8, 4) is 6.07 Å². The first-order chi connectivity index (χ1) is 13.2. The van der Waals surface area contributed by atoms with Gasteiger partial charge in [0.25, 0.3) is 0 Å². The zero-order valence-corrected chi connectivity index (χ0v) is 16.3. The maximum absolute atomic E-state index is 13.0. The smallest absolute Gasteiger partial charge is 0.413 e. The molecular formula is C16H16F3N5O2S2. The van der Waals surface area contributed by atoms with Crippen LogP contribution in [0.15, 0.2) is 24.3 Å². The molecule has 1 amide bonds. The van der Waals surface area contributed by atoms with Crippen LogP contribution < -0.4 is 5.32 Å². The molecule has 0 aliphatic rings. The fourth-order valence-corrected chi connectivity index (χ4v) is 3.22. The second-order valence-corrected chi connectivity index (χ2v) is 7.19. The maximum Gasteiger partial charge on any atom is 0.413 e. The number of nitrogens with one attached hydrogen (secondary N) is 1. The Kier molecular flexibility index (Phi) is 7.50. The van der Waals surface area contributed by atoms with Gasteiger partial charge in [-0.3, -0.25) is 10.2 Å². The van der Waals surface area contributed by atoms with E-state index in [1.165, 1.54) is 16.8 Å². The summed E-state index contributed by atoms with van der Waals surface area (Å²) in [6.45, 7) is 0.387. The van der Waals surface area contributed by atoms with E-state index in [0.717, 1.165) is 16.2 Å². The average Bonchev–Trinajstić information content (AvgIpc) is 2.93. The number of rotatable bonds is 7. The minimum Gasteiger partial charge on any atom is -0.450 e. The van der Waals surface area contributed by atoms with Gasteiger partial charge in [-0.15, -0.1) is 5.10 Å². The van der Waals surface area contributed by atoms with Crippen LogP contribution >= 0.6 is 23.6 Å². The van der Waals surface area contributed by atoms with Gasteiger partial charge in [0.1, 0.15) is 0 Å². The summed E-state index contributed by atoms with van der Waals surface area (Å²) in [5.74, 6) is 0. The number of amides is 1. The summed E-state index contributed by atoms with van der Waals surface area (Å²) in [7, 11) is 0. The van der Waals surface area contributed by atoms with Gasteiger partial charge in [-0.05, 0) is 36.8 Å². The zero-order valence-electron chi connectivity index (χ0n) is 14.7. The molecule has 0 spiro atoms. The van der Waals surface area contributed by atoms with Crippen LogP contribution in [-0.4, -0.2) is 40.1 Å². The Balaban J connectivity index is 2.15. The molecule has 1 N–H and O–H groups in total.